The molecule has 3 N–H and O–H groups in total. The summed E-state index contributed by atoms with van der Waals surface area (Å²) < 4.78 is 12.1. The van der Waals surface area contributed by atoms with Gasteiger partial charge in [0.05, 0.1) is 25.4 Å². The molecule has 4 nitrogen and oxygen atoms in total. The largest absolute Gasteiger partial charge is 0.396 e. The zero-order valence-corrected chi connectivity index (χ0v) is 17.4. The van der Waals surface area contributed by atoms with Crippen LogP contribution in [0.5, 0.6) is 0 Å². The summed E-state index contributed by atoms with van der Waals surface area (Å²) in [6.45, 7) is 2.40. The minimum atomic E-state index is 0.272. The Balaban J connectivity index is 1.43. The number of aliphatic hydroxyl groups is 1. The highest BCUT2D eigenvalue weighted by molar-refractivity contribution is 5.36. The Kier molecular flexibility index (Phi) is 9.26. The molecule has 3 rings (SSSR count). The van der Waals surface area contributed by atoms with Gasteiger partial charge in [-0.1, -0.05) is 43.9 Å². The van der Waals surface area contributed by atoms with Gasteiger partial charge in [0.25, 0.3) is 0 Å². The van der Waals surface area contributed by atoms with Crippen molar-refractivity contribution < 1.29 is 14.6 Å². The number of nitrogens with two attached hydrogens (primary N) is 1. The predicted octanol–water partition coefficient (Wildman–Crippen LogP) is 4.11. The lowest BCUT2D eigenvalue weighted by Gasteiger charge is -2.27. The van der Waals surface area contributed by atoms with Gasteiger partial charge in [-0.15, -0.1) is 0 Å². The fraction of sp³-hybridized carbons (Fsp3) is 0.750. The van der Waals surface area contributed by atoms with Crippen molar-refractivity contribution in [1.82, 2.24) is 0 Å². The van der Waals surface area contributed by atoms with E-state index in [1.54, 1.807) is 0 Å². The molecular formula is C24H39NO3. The van der Waals surface area contributed by atoms with E-state index < -0.39 is 0 Å². The van der Waals surface area contributed by atoms with Gasteiger partial charge in [-0.05, 0) is 74.1 Å². The molecule has 0 unspecified atom stereocenters. The normalized spacial score (nSPS) is 21.4. The number of aliphatic hydroxyl groups excluding tert-OH is 1. The molecule has 0 spiro atoms. The summed E-state index contributed by atoms with van der Waals surface area (Å²) in [7, 11) is 0. The molecule has 1 aromatic rings. The van der Waals surface area contributed by atoms with Crippen molar-refractivity contribution in [3.63, 3.8) is 0 Å². The van der Waals surface area contributed by atoms with Gasteiger partial charge in [0, 0.05) is 6.61 Å². The quantitative estimate of drug-likeness (QED) is 0.559. The zero-order valence-electron chi connectivity index (χ0n) is 17.4. The summed E-state index contributed by atoms with van der Waals surface area (Å²) in [5.41, 5.74) is 10.3. The van der Waals surface area contributed by atoms with Crippen molar-refractivity contribution in [2.75, 3.05) is 26.4 Å². The Morgan fingerprint density at radius 3 is 2.50 bits per heavy atom. The van der Waals surface area contributed by atoms with Crippen LogP contribution in [0, 0.1) is 0 Å². The summed E-state index contributed by atoms with van der Waals surface area (Å²) >= 11 is 0. The molecule has 1 saturated carbocycles. The number of unbranched alkanes of at least 4 members (excludes halogenated alkanes) is 1. The summed E-state index contributed by atoms with van der Waals surface area (Å²) in [5, 5.41) is 9.00. The van der Waals surface area contributed by atoms with Crippen molar-refractivity contribution in [2.24, 2.45) is 5.73 Å². The molecule has 0 aromatic heterocycles. The van der Waals surface area contributed by atoms with Crippen LogP contribution < -0.4 is 5.73 Å². The Morgan fingerprint density at radius 2 is 1.75 bits per heavy atom. The lowest BCUT2D eigenvalue weighted by Crippen LogP contribution is -2.26. The number of benzene rings is 1. The topological polar surface area (TPSA) is 64.7 Å². The first-order valence-electron chi connectivity index (χ1n) is 11.5. The van der Waals surface area contributed by atoms with Crippen LogP contribution in [0.2, 0.25) is 0 Å². The van der Waals surface area contributed by atoms with E-state index in [0.717, 1.165) is 45.1 Å². The molecular weight excluding hydrogens is 350 g/mol. The van der Waals surface area contributed by atoms with Crippen molar-refractivity contribution >= 4 is 0 Å². The Morgan fingerprint density at radius 1 is 0.964 bits per heavy atom. The summed E-state index contributed by atoms with van der Waals surface area (Å²) in [6, 6.07) is 6.91. The smallest absolute Gasteiger partial charge is 0.0704 e. The summed E-state index contributed by atoms with van der Waals surface area (Å²) in [6.07, 6.45) is 13.4. The maximum absolute atomic E-state index is 9.00. The molecule has 2 aliphatic carbocycles. The Hall–Kier alpha value is -0.940. The average molecular weight is 390 g/mol. The molecule has 4 heteroatoms. The molecule has 0 amide bonds. The molecule has 158 valence electrons. The second kappa shape index (κ2) is 11.9. The molecule has 2 atom stereocenters. The second-order valence-electron chi connectivity index (χ2n) is 8.55. The van der Waals surface area contributed by atoms with Crippen LogP contribution >= 0.6 is 0 Å². The third-order valence-corrected chi connectivity index (χ3v) is 6.47. The van der Waals surface area contributed by atoms with E-state index >= 15 is 0 Å². The monoisotopic (exact) mass is 389 g/mol. The standard InChI is InChI=1S/C24H39NO3/c25-18-22(6-4-5-13-26)20-9-10-21-17-24(12-11-19(21)16-20)28-15-14-27-23-7-2-1-3-8-23/h9-10,16,22-24,26H,1-8,11-15,17-18,25H2/t22-,24+/m0/s1. The molecule has 0 aliphatic heterocycles. The van der Waals surface area contributed by atoms with E-state index in [0.29, 0.717) is 31.3 Å². The Labute approximate surface area is 170 Å². The number of aryl methyl sites for hydroxylation is 1. The van der Waals surface area contributed by atoms with Crippen molar-refractivity contribution in [1.29, 1.82) is 0 Å². The van der Waals surface area contributed by atoms with Crippen LogP contribution in [0.15, 0.2) is 18.2 Å². The first-order valence-corrected chi connectivity index (χ1v) is 11.5. The van der Waals surface area contributed by atoms with Crippen LogP contribution in [0.4, 0.5) is 0 Å². The van der Waals surface area contributed by atoms with Gasteiger partial charge in [-0.2, -0.15) is 0 Å². The van der Waals surface area contributed by atoms with Gasteiger partial charge in [-0.3, -0.25) is 0 Å². The molecule has 0 radical (unpaired) electrons. The molecule has 1 aromatic carbocycles. The first-order chi connectivity index (χ1) is 13.8. The van der Waals surface area contributed by atoms with E-state index in [9.17, 15) is 0 Å². The number of rotatable bonds is 11. The van der Waals surface area contributed by atoms with E-state index in [-0.39, 0.29) is 6.61 Å². The highest BCUT2D eigenvalue weighted by Gasteiger charge is 2.21. The molecule has 0 heterocycles. The maximum atomic E-state index is 9.00. The van der Waals surface area contributed by atoms with Gasteiger partial charge in [0.15, 0.2) is 0 Å². The van der Waals surface area contributed by atoms with Crippen LogP contribution in [0.1, 0.15) is 80.4 Å². The molecule has 0 saturated heterocycles. The molecule has 28 heavy (non-hydrogen) atoms. The lowest BCUT2D eigenvalue weighted by molar-refractivity contribution is -0.0346. The van der Waals surface area contributed by atoms with Gasteiger partial charge in [0.1, 0.15) is 0 Å². The van der Waals surface area contributed by atoms with Crippen molar-refractivity contribution in [3.05, 3.63) is 34.9 Å². The second-order valence-corrected chi connectivity index (χ2v) is 8.55. The fourth-order valence-electron chi connectivity index (χ4n) is 4.72. The van der Waals surface area contributed by atoms with Gasteiger partial charge >= 0.3 is 0 Å². The van der Waals surface area contributed by atoms with Gasteiger partial charge in [0.2, 0.25) is 0 Å². The third-order valence-electron chi connectivity index (χ3n) is 6.47. The van der Waals surface area contributed by atoms with E-state index in [2.05, 4.69) is 18.2 Å². The average Bonchev–Trinajstić information content (AvgIpc) is 2.75. The highest BCUT2D eigenvalue weighted by Crippen LogP contribution is 2.29. The molecule has 2 aliphatic rings. The van der Waals surface area contributed by atoms with Crippen LogP contribution in [-0.4, -0.2) is 43.7 Å². The lowest BCUT2D eigenvalue weighted by atomic mass is 9.85. The van der Waals surface area contributed by atoms with E-state index in [1.165, 1.54) is 48.8 Å². The highest BCUT2D eigenvalue weighted by atomic mass is 16.5. The third kappa shape index (κ3) is 6.55. The summed E-state index contributed by atoms with van der Waals surface area (Å²) in [5.74, 6) is 0.405. The van der Waals surface area contributed by atoms with Gasteiger partial charge in [-0.25, -0.2) is 0 Å². The number of ether oxygens (including phenoxy) is 2. The van der Waals surface area contributed by atoms with Crippen LogP contribution in [-0.2, 0) is 22.3 Å². The van der Waals surface area contributed by atoms with Crippen LogP contribution in [0.25, 0.3) is 0 Å². The summed E-state index contributed by atoms with van der Waals surface area (Å²) in [4.78, 5) is 0. The van der Waals surface area contributed by atoms with E-state index in [4.69, 9.17) is 20.3 Å². The minimum Gasteiger partial charge on any atom is -0.396 e. The molecule has 0 bridgehead atoms. The molecule has 1 fully saturated rings. The SMILES string of the molecule is NC[C@H](CCCCO)c1ccc2c(c1)CC[C@@H](OCCOC1CCCCC1)C2. The fourth-order valence-corrected chi connectivity index (χ4v) is 4.72. The predicted molar refractivity (Wildman–Crippen MR) is 114 cm³/mol. The zero-order chi connectivity index (χ0) is 19.6. The van der Waals surface area contributed by atoms with Gasteiger partial charge < -0.3 is 20.3 Å². The van der Waals surface area contributed by atoms with Crippen molar-refractivity contribution in [3.8, 4) is 0 Å². The first kappa shape index (κ1) is 21.8. The van der Waals surface area contributed by atoms with Crippen molar-refractivity contribution in [2.45, 2.75) is 88.8 Å². The number of hydrogen-bond acceptors (Lipinski definition) is 4. The minimum absolute atomic E-state index is 0.272. The number of hydrogen-bond donors (Lipinski definition) is 2. The maximum Gasteiger partial charge on any atom is 0.0704 e. The van der Waals surface area contributed by atoms with E-state index in [1.807, 2.05) is 0 Å². The van der Waals surface area contributed by atoms with Crippen LogP contribution in [0.3, 0.4) is 0 Å². The Bertz CT molecular complexity index is 571. The number of fused-ring (bicyclic) bond motifs is 1.